The van der Waals surface area contributed by atoms with Gasteiger partial charge in [-0.2, -0.15) is 0 Å². The third kappa shape index (κ3) is 4.11. The topological polar surface area (TPSA) is 15.3 Å². The standard InChI is InChI=1S/C16H24N2.2ClH/c1-2-6-14(7-3-1)16(15-8-4-5-9-15)18-12-10-17-11-13-18;;/h1-3,6-7,15-17H,4-5,8-13H2;2*1H/t16-;;/m1../s1. The van der Waals surface area contributed by atoms with E-state index in [1.807, 2.05) is 0 Å². The molecule has 2 nitrogen and oxygen atoms in total. The lowest BCUT2D eigenvalue weighted by molar-refractivity contribution is 0.125. The van der Waals surface area contributed by atoms with E-state index in [1.165, 1.54) is 44.3 Å². The molecule has 1 N–H and O–H groups in total. The van der Waals surface area contributed by atoms with Gasteiger partial charge >= 0.3 is 0 Å². The third-order valence-electron chi connectivity index (χ3n) is 4.53. The van der Waals surface area contributed by atoms with Crippen molar-refractivity contribution in [3.63, 3.8) is 0 Å². The fourth-order valence-corrected chi connectivity index (χ4v) is 3.66. The highest BCUT2D eigenvalue weighted by atomic mass is 35.5. The van der Waals surface area contributed by atoms with Gasteiger partial charge in [-0.05, 0) is 24.3 Å². The van der Waals surface area contributed by atoms with Crippen molar-refractivity contribution in [1.82, 2.24) is 10.2 Å². The first-order valence-electron chi connectivity index (χ1n) is 7.45. The van der Waals surface area contributed by atoms with Gasteiger partial charge < -0.3 is 5.32 Å². The molecule has 4 heteroatoms. The van der Waals surface area contributed by atoms with E-state index >= 15 is 0 Å². The van der Waals surface area contributed by atoms with Crippen molar-refractivity contribution < 1.29 is 0 Å². The Morgan fingerprint density at radius 1 is 0.950 bits per heavy atom. The maximum atomic E-state index is 3.47. The Balaban J connectivity index is 0.000001000. The fraction of sp³-hybridized carbons (Fsp3) is 0.625. The van der Waals surface area contributed by atoms with E-state index < -0.39 is 0 Å². The highest BCUT2D eigenvalue weighted by Gasteiger charge is 2.31. The smallest absolute Gasteiger partial charge is 0.0377 e. The Kier molecular flexibility index (Phi) is 7.90. The van der Waals surface area contributed by atoms with Crippen LogP contribution < -0.4 is 5.32 Å². The largest absolute Gasteiger partial charge is 0.314 e. The minimum atomic E-state index is 0. The number of hydrogen-bond acceptors (Lipinski definition) is 2. The summed E-state index contributed by atoms with van der Waals surface area (Å²) in [6.07, 6.45) is 5.70. The van der Waals surface area contributed by atoms with Gasteiger partial charge in [0.1, 0.15) is 0 Å². The average Bonchev–Trinajstić information content (AvgIpc) is 2.95. The van der Waals surface area contributed by atoms with E-state index in [4.69, 9.17) is 0 Å². The van der Waals surface area contributed by atoms with Crippen molar-refractivity contribution in [3.05, 3.63) is 35.9 Å². The summed E-state index contributed by atoms with van der Waals surface area (Å²) in [5, 5.41) is 3.47. The van der Waals surface area contributed by atoms with E-state index in [-0.39, 0.29) is 24.8 Å². The van der Waals surface area contributed by atoms with Crippen LogP contribution in [0.4, 0.5) is 0 Å². The zero-order valence-electron chi connectivity index (χ0n) is 12.0. The van der Waals surface area contributed by atoms with Crippen molar-refractivity contribution in [2.75, 3.05) is 26.2 Å². The number of rotatable bonds is 3. The summed E-state index contributed by atoms with van der Waals surface area (Å²) in [4.78, 5) is 2.71. The quantitative estimate of drug-likeness (QED) is 0.915. The molecular formula is C16H26Cl2N2. The van der Waals surface area contributed by atoms with Gasteiger partial charge in [-0.1, -0.05) is 43.2 Å². The van der Waals surface area contributed by atoms with E-state index in [0.717, 1.165) is 19.0 Å². The van der Waals surface area contributed by atoms with Gasteiger partial charge in [0, 0.05) is 32.2 Å². The summed E-state index contributed by atoms with van der Waals surface area (Å²) in [5.41, 5.74) is 1.53. The van der Waals surface area contributed by atoms with Crippen LogP contribution in [0.25, 0.3) is 0 Å². The van der Waals surface area contributed by atoms with Gasteiger partial charge in [0.25, 0.3) is 0 Å². The van der Waals surface area contributed by atoms with Gasteiger partial charge in [0.2, 0.25) is 0 Å². The Hall–Kier alpha value is -0.280. The Bertz CT molecular complexity index is 360. The minimum Gasteiger partial charge on any atom is -0.314 e. The lowest BCUT2D eigenvalue weighted by atomic mass is 9.90. The summed E-state index contributed by atoms with van der Waals surface area (Å²) < 4.78 is 0. The molecular weight excluding hydrogens is 291 g/mol. The van der Waals surface area contributed by atoms with Gasteiger partial charge in [0.05, 0.1) is 0 Å². The first-order chi connectivity index (χ1) is 8.95. The molecule has 114 valence electrons. The second kappa shape index (κ2) is 8.89. The van der Waals surface area contributed by atoms with E-state index in [9.17, 15) is 0 Å². The van der Waals surface area contributed by atoms with Gasteiger partial charge in [-0.3, -0.25) is 4.90 Å². The Morgan fingerprint density at radius 2 is 1.55 bits per heavy atom. The molecule has 0 unspecified atom stereocenters. The Labute approximate surface area is 135 Å². The van der Waals surface area contributed by atoms with Crippen LogP contribution in [0.2, 0.25) is 0 Å². The van der Waals surface area contributed by atoms with Crippen LogP contribution >= 0.6 is 24.8 Å². The zero-order valence-corrected chi connectivity index (χ0v) is 13.6. The SMILES string of the molecule is Cl.Cl.c1ccc([C@H](C2CCCC2)N2CCNCC2)cc1. The van der Waals surface area contributed by atoms with Crippen molar-refractivity contribution >= 4 is 24.8 Å². The monoisotopic (exact) mass is 316 g/mol. The third-order valence-corrected chi connectivity index (χ3v) is 4.53. The molecule has 1 aliphatic heterocycles. The van der Waals surface area contributed by atoms with Crippen molar-refractivity contribution in [1.29, 1.82) is 0 Å². The lowest BCUT2D eigenvalue weighted by Crippen LogP contribution is -2.46. The molecule has 0 spiro atoms. The molecule has 1 aliphatic carbocycles. The van der Waals surface area contributed by atoms with E-state index in [0.29, 0.717) is 6.04 Å². The van der Waals surface area contributed by atoms with Crippen molar-refractivity contribution in [2.24, 2.45) is 5.92 Å². The molecule has 0 amide bonds. The Morgan fingerprint density at radius 3 is 2.15 bits per heavy atom. The van der Waals surface area contributed by atoms with Crippen LogP contribution in [-0.4, -0.2) is 31.1 Å². The highest BCUT2D eigenvalue weighted by molar-refractivity contribution is 5.85. The van der Waals surface area contributed by atoms with Crippen molar-refractivity contribution in [2.45, 2.75) is 31.7 Å². The summed E-state index contributed by atoms with van der Waals surface area (Å²) in [6.45, 7) is 4.71. The molecule has 20 heavy (non-hydrogen) atoms. The van der Waals surface area contributed by atoms with Crippen LogP contribution in [0.1, 0.15) is 37.3 Å². The summed E-state index contributed by atoms with van der Waals surface area (Å²) in [5.74, 6) is 0.880. The van der Waals surface area contributed by atoms with Gasteiger partial charge in [-0.25, -0.2) is 0 Å². The first kappa shape index (κ1) is 17.8. The number of halogens is 2. The summed E-state index contributed by atoms with van der Waals surface area (Å²) in [7, 11) is 0. The second-order valence-corrected chi connectivity index (χ2v) is 5.69. The fourth-order valence-electron chi connectivity index (χ4n) is 3.66. The van der Waals surface area contributed by atoms with Gasteiger partial charge in [-0.15, -0.1) is 24.8 Å². The molecule has 2 fully saturated rings. The number of hydrogen-bond donors (Lipinski definition) is 1. The molecule has 0 aromatic heterocycles. The summed E-state index contributed by atoms with van der Waals surface area (Å²) in [6, 6.07) is 11.8. The van der Waals surface area contributed by atoms with Crippen LogP contribution in [0.3, 0.4) is 0 Å². The number of nitrogens with zero attached hydrogens (tertiary/aromatic N) is 1. The average molecular weight is 317 g/mol. The predicted octanol–water partition coefficient (Wildman–Crippen LogP) is 3.67. The van der Waals surface area contributed by atoms with Gasteiger partial charge in [0.15, 0.2) is 0 Å². The van der Waals surface area contributed by atoms with Crippen molar-refractivity contribution in [3.8, 4) is 0 Å². The van der Waals surface area contributed by atoms with Crippen LogP contribution in [0.15, 0.2) is 30.3 Å². The molecule has 1 saturated heterocycles. The molecule has 1 aromatic carbocycles. The van der Waals surface area contributed by atoms with E-state index in [1.54, 1.807) is 0 Å². The molecule has 0 radical (unpaired) electrons. The lowest BCUT2D eigenvalue weighted by Gasteiger charge is -2.38. The molecule has 1 heterocycles. The number of piperazine rings is 1. The second-order valence-electron chi connectivity index (χ2n) is 5.69. The summed E-state index contributed by atoms with van der Waals surface area (Å²) >= 11 is 0. The van der Waals surface area contributed by atoms with E-state index in [2.05, 4.69) is 40.5 Å². The molecule has 1 saturated carbocycles. The molecule has 0 bridgehead atoms. The molecule has 2 aliphatic rings. The number of nitrogens with one attached hydrogen (secondary N) is 1. The van der Waals surface area contributed by atoms with Crippen LogP contribution in [0.5, 0.6) is 0 Å². The molecule has 1 aromatic rings. The maximum absolute atomic E-state index is 3.47. The zero-order chi connectivity index (χ0) is 12.2. The minimum absolute atomic E-state index is 0. The highest BCUT2D eigenvalue weighted by Crippen LogP contribution is 2.39. The maximum Gasteiger partial charge on any atom is 0.0377 e. The predicted molar refractivity (Wildman–Crippen MR) is 90.1 cm³/mol. The molecule has 1 atom stereocenters. The van der Waals surface area contributed by atoms with Crippen LogP contribution in [0, 0.1) is 5.92 Å². The normalized spacial score (nSPS) is 21.8. The first-order valence-corrected chi connectivity index (χ1v) is 7.45. The molecule has 3 rings (SSSR count). The van der Waals surface area contributed by atoms with Crippen LogP contribution in [-0.2, 0) is 0 Å². The number of benzene rings is 1.